The molecule has 5 aromatic rings. The van der Waals surface area contributed by atoms with E-state index < -0.39 is 5.91 Å². The number of furan rings is 1. The van der Waals surface area contributed by atoms with E-state index in [-0.39, 0.29) is 11.6 Å². The number of carbonyl (C=O) groups excluding carboxylic acids is 2. The minimum absolute atomic E-state index is 0.161. The van der Waals surface area contributed by atoms with Crippen LogP contribution >= 0.6 is 11.3 Å². The summed E-state index contributed by atoms with van der Waals surface area (Å²) in [7, 11) is 0. The van der Waals surface area contributed by atoms with E-state index in [4.69, 9.17) is 4.42 Å². The van der Waals surface area contributed by atoms with Crippen LogP contribution in [0.15, 0.2) is 94.4 Å². The van der Waals surface area contributed by atoms with Gasteiger partial charge >= 0.3 is 0 Å². The Bertz CT molecular complexity index is 1510. The van der Waals surface area contributed by atoms with Crippen molar-refractivity contribution in [1.82, 2.24) is 5.32 Å². The molecule has 0 fully saturated rings. The molecule has 33 heavy (non-hydrogen) atoms. The van der Waals surface area contributed by atoms with Crippen LogP contribution in [0.4, 0.5) is 5.69 Å². The SMILES string of the molecule is Cc1cccc(C(=O)N/C(=C\c2cccs2)C(=O)Nc2ccc3c(c2)oc2ccccc23)c1. The second-order valence-electron chi connectivity index (χ2n) is 7.66. The van der Waals surface area contributed by atoms with Gasteiger partial charge in [-0.2, -0.15) is 0 Å². The van der Waals surface area contributed by atoms with Crippen LogP contribution in [0, 0.1) is 6.92 Å². The first-order valence-electron chi connectivity index (χ1n) is 10.4. The number of hydrogen-bond acceptors (Lipinski definition) is 4. The van der Waals surface area contributed by atoms with Gasteiger partial charge in [0.25, 0.3) is 11.8 Å². The smallest absolute Gasteiger partial charge is 0.272 e. The largest absolute Gasteiger partial charge is 0.456 e. The molecule has 0 saturated carbocycles. The molecule has 0 saturated heterocycles. The summed E-state index contributed by atoms with van der Waals surface area (Å²) in [6, 6.07) is 24.4. The zero-order valence-corrected chi connectivity index (χ0v) is 18.6. The van der Waals surface area contributed by atoms with Crippen molar-refractivity contribution in [2.75, 3.05) is 5.32 Å². The fourth-order valence-electron chi connectivity index (χ4n) is 3.66. The maximum atomic E-state index is 13.2. The minimum Gasteiger partial charge on any atom is -0.456 e. The number of nitrogens with one attached hydrogen (secondary N) is 2. The summed E-state index contributed by atoms with van der Waals surface area (Å²) in [5.41, 5.74) is 3.67. The average Bonchev–Trinajstić information content (AvgIpc) is 3.45. The van der Waals surface area contributed by atoms with Gasteiger partial charge in [0.15, 0.2) is 0 Å². The quantitative estimate of drug-likeness (QED) is 0.305. The van der Waals surface area contributed by atoms with Gasteiger partial charge in [0.2, 0.25) is 0 Å². The highest BCUT2D eigenvalue weighted by Gasteiger charge is 2.16. The highest BCUT2D eigenvalue weighted by molar-refractivity contribution is 7.10. The summed E-state index contributed by atoms with van der Waals surface area (Å²) in [4.78, 5) is 26.8. The van der Waals surface area contributed by atoms with Crippen molar-refractivity contribution in [2.45, 2.75) is 6.92 Å². The van der Waals surface area contributed by atoms with Crippen molar-refractivity contribution in [3.8, 4) is 0 Å². The van der Waals surface area contributed by atoms with E-state index >= 15 is 0 Å². The van der Waals surface area contributed by atoms with Crippen molar-refractivity contribution >= 4 is 56.9 Å². The summed E-state index contributed by atoms with van der Waals surface area (Å²) < 4.78 is 5.92. The molecule has 6 heteroatoms. The zero-order chi connectivity index (χ0) is 22.8. The number of thiophene rings is 1. The first-order valence-corrected chi connectivity index (χ1v) is 11.3. The lowest BCUT2D eigenvalue weighted by Crippen LogP contribution is -2.30. The van der Waals surface area contributed by atoms with Gasteiger partial charge in [-0.3, -0.25) is 9.59 Å². The average molecular weight is 453 g/mol. The molecule has 2 heterocycles. The van der Waals surface area contributed by atoms with Crippen molar-refractivity contribution in [3.05, 3.63) is 106 Å². The number of anilines is 1. The standard InChI is InChI=1S/C27H20N2O3S/c1-17-6-4-7-18(14-17)26(30)29-23(16-20-8-5-13-33-20)27(31)28-19-11-12-22-21-9-2-3-10-24(21)32-25(22)15-19/h2-16H,1H3,(H,28,31)(H,29,30)/b23-16-. The van der Waals surface area contributed by atoms with Crippen LogP contribution in [-0.4, -0.2) is 11.8 Å². The van der Waals surface area contributed by atoms with Gasteiger partial charge in [-0.05, 0) is 54.8 Å². The fraction of sp³-hybridized carbons (Fsp3) is 0.0370. The van der Waals surface area contributed by atoms with Crippen molar-refractivity contribution < 1.29 is 14.0 Å². The molecule has 0 spiro atoms. The van der Waals surface area contributed by atoms with Crippen LogP contribution in [0.25, 0.3) is 28.0 Å². The van der Waals surface area contributed by atoms with Crippen molar-refractivity contribution in [2.24, 2.45) is 0 Å². The number of para-hydroxylation sites is 1. The number of hydrogen-bond donors (Lipinski definition) is 2. The number of benzene rings is 3. The summed E-state index contributed by atoms with van der Waals surface area (Å²) in [6.07, 6.45) is 1.67. The molecule has 0 bridgehead atoms. The topological polar surface area (TPSA) is 71.3 Å². The molecule has 2 N–H and O–H groups in total. The predicted octanol–water partition coefficient (Wildman–Crippen LogP) is 6.37. The first-order chi connectivity index (χ1) is 16.1. The van der Waals surface area contributed by atoms with Gasteiger partial charge in [0.1, 0.15) is 16.9 Å². The zero-order valence-electron chi connectivity index (χ0n) is 17.8. The molecule has 5 nitrogen and oxygen atoms in total. The third kappa shape index (κ3) is 4.42. The molecule has 162 valence electrons. The first kappa shape index (κ1) is 20.7. The summed E-state index contributed by atoms with van der Waals surface area (Å²) in [5, 5.41) is 9.57. The number of aryl methyl sites for hydroxylation is 1. The molecular formula is C27H20N2O3S. The van der Waals surface area contributed by atoms with Crippen LogP contribution in [0.5, 0.6) is 0 Å². The molecule has 3 aromatic carbocycles. The number of rotatable bonds is 5. The van der Waals surface area contributed by atoms with Crippen LogP contribution in [0.2, 0.25) is 0 Å². The molecule has 2 aromatic heterocycles. The van der Waals surface area contributed by atoms with Gasteiger partial charge in [0, 0.05) is 33.0 Å². The Morgan fingerprint density at radius 2 is 1.73 bits per heavy atom. The maximum absolute atomic E-state index is 13.2. The Morgan fingerprint density at radius 1 is 0.879 bits per heavy atom. The maximum Gasteiger partial charge on any atom is 0.272 e. The van der Waals surface area contributed by atoms with Gasteiger partial charge in [0.05, 0.1) is 0 Å². The van der Waals surface area contributed by atoms with E-state index in [1.54, 1.807) is 24.3 Å². The molecule has 0 aliphatic heterocycles. The molecule has 2 amide bonds. The van der Waals surface area contributed by atoms with E-state index in [0.717, 1.165) is 26.8 Å². The van der Waals surface area contributed by atoms with Crippen LogP contribution in [0.1, 0.15) is 20.8 Å². The van der Waals surface area contributed by atoms with E-state index in [0.29, 0.717) is 16.8 Å². The van der Waals surface area contributed by atoms with Crippen LogP contribution < -0.4 is 10.6 Å². The Morgan fingerprint density at radius 3 is 2.55 bits per heavy atom. The Labute approximate surface area is 194 Å². The highest BCUT2D eigenvalue weighted by Crippen LogP contribution is 2.30. The molecule has 0 aliphatic carbocycles. The fourth-order valence-corrected chi connectivity index (χ4v) is 4.31. The summed E-state index contributed by atoms with van der Waals surface area (Å²) in [6.45, 7) is 1.92. The summed E-state index contributed by atoms with van der Waals surface area (Å²) >= 11 is 1.48. The predicted molar refractivity (Wildman–Crippen MR) is 133 cm³/mol. The van der Waals surface area contributed by atoms with E-state index in [1.807, 2.05) is 73.0 Å². The molecule has 0 atom stereocenters. The molecule has 0 aliphatic rings. The third-order valence-electron chi connectivity index (χ3n) is 5.24. The van der Waals surface area contributed by atoms with E-state index in [2.05, 4.69) is 10.6 Å². The summed E-state index contributed by atoms with van der Waals surface area (Å²) in [5.74, 6) is -0.760. The van der Waals surface area contributed by atoms with Gasteiger partial charge < -0.3 is 15.1 Å². The van der Waals surface area contributed by atoms with Gasteiger partial charge in [-0.15, -0.1) is 11.3 Å². The van der Waals surface area contributed by atoms with E-state index in [9.17, 15) is 9.59 Å². The number of amides is 2. The van der Waals surface area contributed by atoms with E-state index in [1.165, 1.54) is 11.3 Å². The van der Waals surface area contributed by atoms with Crippen molar-refractivity contribution in [1.29, 1.82) is 0 Å². The van der Waals surface area contributed by atoms with Gasteiger partial charge in [-0.1, -0.05) is 42.0 Å². The van der Waals surface area contributed by atoms with Crippen LogP contribution in [-0.2, 0) is 4.79 Å². The monoisotopic (exact) mass is 452 g/mol. The minimum atomic E-state index is -0.417. The number of carbonyl (C=O) groups is 2. The van der Waals surface area contributed by atoms with Gasteiger partial charge in [-0.25, -0.2) is 0 Å². The van der Waals surface area contributed by atoms with Crippen LogP contribution in [0.3, 0.4) is 0 Å². The second-order valence-corrected chi connectivity index (χ2v) is 8.64. The normalized spacial score (nSPS) is 11.6. The highest BCUT2D eigenvalue weighted by atomic mass is 32.1. The lowest BCUT2D eigenvalue weighted by atomic mass is 10.1. The molecular weight excluding hydrogens is 432 g/mol. The van der Waals surface area contributed by atoms with Crippen molar-refractivity contribution in [3.63, 3.8) is 0 Å². The lowest BCUT2D eigenvalue weighted by molar-refractivity contribution is -0.113. The lowest BCUT2D eigenvalue weighted by Gasteiger charge is -2.11. The number of fused-ring (bicyclic) bond motifs is 3. The Hall–Kier alpha value is -4.16. The molecule has 5 rings (SSSR count). The molecule has 0 unspecified atom stereocenters. The molecule has 0 radical (unpaired) electrons. The Kier molecular flexibility index (Phi) is 5.50. The second kappa shape index (κ2) is 8.76. The Balaban J connectivity index is 1.43. The third-order valence-corrected chi connectivity index (χ3v) is 6.06.